The van der Waals surface area contributed by atoms with Crippen LogP contribution in [0.1, 0.15) is 41.9 Å². The molecule has 1 aromatic heterocycles. The number of hydrogen-bond donors (Lipinski definition) is 1. The first-order valence-corrected chi connectivity index (χ1v) is 10.6. The number of carboxylic acids is 1. The van der Waals surface area contributed by atoms with Crippen molar-refractivity contribution in [1.29, 1.82) is 0 Å². The Hall–Kier alpha value is -3.19. The van der Waals surface area contributed by atoms with Crippen LogP contribution in [0.5, 0.6) is 5.75 Å². The first-order chi connectivity index (χ1) is 14.5. The summed E-state index contributed by atoms with van der Waals surface area (Å²) in [4.78, 5) is 31.5. The fourth-order valence-electron chi connectivity index (χ4n) is 3.08. The minimum atomic E-state index is -1.00. The minimum absolute atomic E-state index is 0.101. The number of rotatable bonds is 8. The number of methoxy groups -OCH3 is 1. The number of aryl methyl sites for hydroxylation is 1. The van der Waals surface area contributed by atoms with Crippen molar-refractivity contribution >= 4 is 34.0 Å². The number of carbonyl (C=O) groups excluding carboxylic acids is 1. The highest BCUT2D eigenvalue weighted by Gasteiger charge is 2.23. The van der Waals surface area contributed by atoms with Crippen molar-refractivity contribution in [3.05, 3.63) is 59.0 Å². The molecule has 7 heteroatoms. The van der Waals surface area contributed by atoms with Gasteiger partial charge in [-0.05, 0) is 55.0 Å². The molecule has 0 spiro atoms. The number of carbonyl (C=O) groups is 2. The third-order valence-corrected chi connectivity index (χ3v) is 5.74. The summed E-state index contributed by atoms with van der Waals surface area (Å²) < 4.78 is 5.24. The van der Waals surface area contributed by atoms with E-state index in [1.807, 2.05) is 24.3 Å². The second kappa shape index (κ2) is 9.54. The highest BCUT2D eigenvalue weighted by molar-refractivity contribution is 7.16. The summed E-state index contributed by atoms with van der Waals surface area (Å²) in [6.07, 6.45) is 2.12. The van der Waals surface area contributed by atoms with E-state index in [4.69, 9.17) is 14.8 Å². The van der Waals surface area contributed by atoms with Crippen molar-refractivity contribution in [3.8, 4) is 17.0 Å². The molecule has 0 aliphatic heterocycles. The van der Waals surface area contributed by atoms with Crippen LogP contribution in [-0.4, -0.2) is 29.1 Å². The Bertz CT molecular complexity index is 1030. The molecule has 0 aliphatic rings. The number of carboxylic acid groups (broad SMARTS) is 1. The maximum atomic E-state index is 12.8. The number of aromatic carboxylic acids is 1. The van der Waals surface area contributed by atoms with Gasteiger partial charge in [0.1, 0.15) is 5.75 Å². The van der Waals surface area contributed by atoms with Gasteiger partial charge in [0.15, 0.2) is 5.13 Å². The third kappa shape index (κ3) is 4.52. The molecule has 1 N–H and O–H groups in total. The molecule has 0 radical (unpaired) electrons. The molecule has 2 aromatic carbocycles. The second-order valence-corrected chi connectivity index (χ2v) is 7.74. The van der Waals surface area contributed by atoms with Crippen molar-refractivity contribution in [2.45, 2.75) is 33.1 Å². The van der Waals surface area contributed by atoms with E-state index in [0.29, 0.717) is 17.2 Å². The van der Waals surface area contributed by atoms with E-state index in [9.17, 15) is 9.59 Å². The molecule has 0 saturated heterocycles. The van der Waals surface area contributed by atoms with Crippen molar-refractivity contribution in [1.82, 2.24) is 4.98 Å². The molecule has 156 valence electrons. The van der Waals surface area contributed by atoms with Crippen LogP contribution < -0.4 is 9.64 Å². The molecule has 0 fully saturated rings. The molecular formula is C23H24N2O4S. The maximum absolute atomic E-state index is 12.8. The number of anilines is 2. The fourth-order valence-corrected chi connectivity index (χ4v) is 4.30. The van der Waals surface area contributed by atoms with Crippen LogP contribution >= 0.6 is 11.3 Å². The average molecular weight is 425 g/mol. The number of amides is 1. The highest BCUT2D eigenvalue weighted by Crippen LogP contribution is 2.38. The first kappa shape index (κ1) is 21.5. The summed E-state index contributed by atoms with van der Waals surface area (Å²) in [6.45, 7) is 3.91. The predicted molar refractivity (Wildman–Crippen MR) is 119 cm³/mol. The van der Waals surface area contributed by atoms with E-state index >= 15 is 0 Å². The van der Waals surface area contributed by atoms with Gasteiger partial charge in [0, 0.05) is 16.9 Å². The largest absolute Gasteiger partial charge is 0.497 e. The number of hydrogen-bond acceptors (Lipinski definition) is 5. The van der Waals surface area contributed by atoms with Crippen LogP contribution in [0.3, 0.4) is 0 Å². The lowest BCUT2D eigenvalue weighted by atomic mass is 10.1. The maximum Gasteiger partial charge on any atom is 0.335 e. The Balaban J connectivity index is 2.07. The SMILES string of the molecule is CCCc1sc(N(C(=O)CC)c2ccc(C(=O)O)cc2)nc1-c1ccc(OC)cc1. The molecule has 1 amide bonds. The van der Waals surface area contributed by atoms with Crippen LogP contribution in [0.2, 0.25) is 0 Å². The molecule has 30 heavy (non-hydrogen) atoms. The van der Waals surface area contributed by atoms with Gasteiger partial charge in [0.05, 0.1) is 24.1 Å². The standard InChI is InChI=1S/C23H24N2O4S/c1-4-6-19-21(15-9-13-18(29-3)14-10-15)24-23(30-19)25(20(26)5-2)17-11-7-16(8-12-17)22(27)28/h7-14H,4-6H2,1-3H3,(H,27,28). The third-order valence-electron chi connectivity index (χ3n) is 4.64. The van der Waals surface area contributed by atoms with Gasteiger partial charge in [-0.1, -0.05) is 20.3 Å². The van der Waals surface area contributed by atoms with Gasteiger partial charge in [0.25, 0.3) is 0 Å². The lowest BCUT2D eigenvalue weighted by Gasteiger charge is -2.19. The van der Waals surface area contributed by atoms with Gasteiger partial charge < -0.3 is 9.84 Å². The summed E-state index contributed by atoms with van der Waals surface area (Å²) in [5.41, 5.74) is 2.60. The van der Waals surface area contributed by atoms with Gasteiger partial charge in [-0.2, -0.15) is 0 Å². The van der Waals surface area contributed by atoms with Gasteiger partial charge >= 0.3 is 5.97 Å². The summed E-state index contributed by atoms with van der Waals surface area (Å²) in [7, 11) is 1.63. The van der Waals surface area contributed by atoms with Crippen molar-refractivity contribution in [3.63, 3.8) is 0 Å². The number of nitrogens with zero attached hydrogens (tertiary/aromatic N) is 2. The van der Waals surface area contributed by atoms with Crippen LogP contribution in [0.4, 0.5) is 10.8 Å². The smallest absolute Gasteiger partial charge is 0.335 e. The summed E-state index contributed by atoms with van der Waals surface area (Å²) in [6, 6.07) is 14.0. The quantitative estimate of drug-likeness (QED) is 0.513. The monoisotopic (exact) mass is 424 g/mol. The molecule has 1 heterocycles. The zero-order valence-electron chi connectivity index (χ0n) is 17.2. The van der Waals surface area contributed by atoms with E-state index < -0.39 is 5.97 Å². The average Bonchev–Trinajstić information content (AvgIpc) is 3.17. The zero-order chi connectivity index (χ0) is 21.7. The van der Waals surface area contributed by atoms with Crippen molar-refractivity contribution < 1.29 is 19.4 Å². The molecule has 0 bridgehead atoms. The number of thiazole rings is 1. The fraction of sp³-hybridized carbons (Fsp3) is 0.261. The van der Waals surface area contributed by atoms with Gasteiger partial charge in [-0.15, -0.1) is 11.3 Å². The molecule has 0 saturated carbocycles. The lowest BCUT2D eigenvalue weighted by Crippen LogP contribution is -2.24. The van der Waals surface area contributed by atoms with E-state index in [1.165, 1.54) is 23.5 Å². The van der Waals surface area contributed by atoms with Crippen molar-refractivity contribution in [2.75, 3.05) is 12.0 Å². The molecule has 0 atom stereocenters. The van der Waals surface area contributed by atoms with Gasteiger partial charge in [-0.3, -0.25) is 9.69 Å². The normalized spacial score (nSPS) is 10.6. The molecular weight excluding hydrogens is 400 g/mol. The van der Waals surface area contributed by atoms with Crippen molar-refractivity contribution in [2.24, 2.45) is 0 Å². The lowest BCUT2D eigenvalue weighted by molar-refractivity contribution is -0.117. The van der Waals surface area contributed by atoms with Gasteiger partial charge in [-0.25, -0.2) is 9.78 Å². The Morgan fingerprint density at radius 1 is 1.07 bits per heavy atom. The predicted octanol–water partition coefficient (Wildman–Crippen LogP) is 5.54. The topological polar surface area (TPSA) is 79.7 Å². The Labute approximate surface area is 179 Å². The van der Waals surface area contributed by atoms with E-state index in [2.05, 4.69) is 6.92 Å². The highest BCUT2D eigenvalue weighted by atomic mass is 32.1. The van der Waals surface area contributed by atoms with Gasteiger partial charge in [0.2, 0.25) is 5.91 Å². The first-order valence-electron chi connectivity index (χ1n) is 9.78. The number of ether oxygens (including phenoxy) is 1. The van der Waals surface area contributed by atoms with Crippen LogP contribution in [0, 0.1) is 0 Å². The van der Waals surface area contributed by atoms with E-state index in [-0.39, 0.29) is 11.5 Å². The summed E-state index contributed by atoms with van der Waals surface area (Å²) in [5.74, 6) is -0.333. The molecule has 3 aromatic rings. The summed E-state index contributed by atoms with van der Waals surface area (Å²) in [5, 5.41) is 9.73. The van der Waals surface area contributed by atoms with Crippen LogP contribution in [0.15, 0.2) is 48.5 Å². The minimum Gasteiger partial charge on any atom is -0.497 e. The Morgan fingerprint density at radius 2 is 1.73 bits per heavy atom. The van der Waals surface area contributed by atoms with E-state index in [0.717, 1.165) is 34.7 Å². The Morgan fingerprint density at radius 3 is 2.27 bits per heavy atom. The Kier molecular flexibility index (Phi) is 6.84. The number of aromatic nitrogens is 1. The zero-order valence-corrected chi connectivity index (χ0v) is 18.0. The van der Waals surface area contributed by atoms with Crippen LogP contribution in [-0.2, 0) is 11.2 Å². The van der Waals surface area contributed by atoms with E-state index in [1.54, 1.807) is 31.1 Å². The number of benzene rings is 2. The summed E-state index contributed by atoms with van der Waals surface area (Å²) >= 11 is 1.49. The molecule has 3 rings (SSSR count). The molecule has 0 unspecified atom stereocenters. The van der Waals surface area contributed by atoms with Crippen LogP contribution in [0.25, 0.3) is 11.3 Å². The second-order valence-electron chi connectivity index (χ2n) is 6.68. The molecule has 6 nitrogen and oxygen atoms in total. The molecule has 0 aliphatic carbocycles.